The first-order valence-corrected chi connectivity index (χ1v) is 7.73. The largest absolute Gasteiger partial charge is 0.391 e. The van der Waals surface area contributed by atoms with Gasteiger partial charge in [0.25, 0.3) is 0 Å². The highest BCUT2D eigenvalue weighted by Gasteiger charge is 2.24. The Hall–Kier alpha value is -0.290. The molecule has 0 saturated heterocycles. The molecule has 1 aromatic rings. The lowest BCUT2D eigenvalue weighted by Gasteiger charge is -2.17. The van der Waals surface area contributed by atoms with Crippen molar-refractivity contribution in [2.75, 3.05) is 6.26 Å². The highest BCUT2D eigenvalue weighted by molar-refractivity contribution is 7.91. The minimum absolute atomic E-state index is 0.185. The van der Waals surface area contributed by atoms with Gasteiger partial charge in [-0.25, -0.2) is 8.42 Å². The molecule has 0 amide bonds. The van der Waals surface area contributed by atoms with Crippen LogP contribution in [-0.4, -0.2) is 31.1 Å². The molecule has 96 valence electrons. The summed E-state index contributed by atoms with van der Waals surface area (Å²) < 4.78 is 22.6. The average molecular weight is 297 g/mol. The molecular weight excluding hydrogens is 283 g/mol. The summed E-state index contributed by atoms with van der Waals surface area (Å²) in [6.07, 6.45) is 0.304. The summed E-state index contributed by atoms with van der Waals surface area (Å²) in [5.41, 5.74) is 0.680. The van der Waals surface area contributed by atoms with E-state index in [0.717, 1.165) is 6.26 Å². The molecule has 0 spiro atoms. The molecule has 0 aliphatic heterocycles. The van der Waals surface area contributed by atoms with Gasteiger partial charge in [0.15, 0.2) is 9.84 Å². The number of rotatable bonds is 4. The summed E-state index contributed by atoms with van der Waals surface area (Å²) in [5.74, 6) is 0. The van der Waals surface area contributed by atoms with Crippen LogP contribution in [0.1, 0.15) is 12.5 Å². The van der Waals surface area contributed by atoms with Crippen molar-refractivity contribution in [2.45, 2.75) is 24.7 Å². The zero-order valence-electron chi connectivity index (χ0n) is 9.52. The summed E-state index contributed by atoms with van der Waals surface area (Å²) in [7, 11) is -3.26. The van der Waals surface area contributed by atoms with Gasteiger partial charge in [0.05, 0.1) is 11.4 Å². The maximum Gasteiger partial charge on any atom is 0.152 e. The van der Waals surface area contributed by atoms with Gasteiger partial charge in [-0.15, -0.1) is 0 Å². The second-order valence-electron chi connectivity index (χ2n) is 4.04. The van der Waals surface area contributed by atoms with Gasteiger partial charge in [0.2, 0.25) is 0 Å². The Morgan fingerprint density at radius 2 is 1.94 bits per heavy atom. The lowest BCUT2D eigenvalue weighted by atomic mass is 10.1. The number of aliphatic hydroxyl groups is 1. The van der Waals surface area contributed by atoms with E-state index >= 15 is 0 Å². The third-order valence-electron chi connectivity index (χ3n) is 2.66. The average Bonchev–Trinajstić information content (AvgIpc) is 2.19. The maximum atomic E-state index is 11.3. The van der Waals surface area contributed by atoms with Crippen LogP contribution in [0.5, 0.6) is 0 Å². The molecule has 3 nitrogen and oxygen atoms in total. The summed E-state index contributed by atoms with van der Waals surface area (Å²) in [4.78, 5) is 0. The van der Waals surface area contributed by atoms with Gasteiger partial charge >= 0.3 is 0 Å². The van der Waals surface area contributed by atoms with Crippen molar-refractivity contribution in [3.05, 3.63) is 33.8 Å². The van der Waals surface area contributed by atoms with E-state index in [1.54, 1.807) is 18.2 Å². The van der Waals surface area contributed by atoms with Crippen LogP contribution >= 0.6 is 23.2 Å². The fourth-order valence-corrected chi connectivity index (χ4v) is 2.52. The standard InChI is InChI=1S/C11H14Cl2O3S/c1-7(17(2,15)16)11(14)5-8-3-4-9(12)6-10(8)13/h3-4,6-7,11,14H,5H2,1-2H3. The molecule has 2 atom stereocenters. The van der Waals surface area contributed by atoms with Gasteiger partial charge in [-0.3, -0.25) is 0 Å². The Morgan fingerprint density at radius 3 is 2.41 bits per heavy atom. The van der Waals surface area contributed by atoms with Crippen molar-refractivity contribution in [1.82, 2.24) is 0 Å². The van der Waals surface area contributed by atoms with Gasteiger partial charge < -0.3 is 5.11 Å². The van der Waals surface area contributed by atoms with E-state index in [-0.39, 0.29) is 6.42 Å². The normalized spacial score (nSPS) is 15.6. The van der Waals surface area contributed by atoms with Crippen molar-refractivity contribution < 1.29 is 13.5 Å². The Morgan fingerprint density at radius 1 is 1.35 bits per heavy atom. The molecule has 0 aromatic heterocycles. The first kappa shape index (κ1) is 14.8. The van der Waals surface area contributed by atoms with E-state index in [1.807, 2.05) is 0 Å². The number of benzene rings is 1. The fourth-order valence-electron chi connectivity index (χ4n) is 1.36. The topological polar surface area (TPSA) is 54.4 Å². The van der Waals surface area contributed by atoms with E-state index in [9.17, 15) is 13.5 Å². The molecule has 0 saturated carbocycles. The van der Waals surface area contributed by atoms with Gasteiger partial charge in [-0.05, 0) is 24.6 Å². The first-order chi connectivity index (χ1) is 7.71. The molecule has 0 fully saturated rings. The minimum Gasteiger partial charge on any atom is -0.391 e. The molecule has 17 heavy (non-hydrogen) atoms. The molecule has 1 rings (SSSR count). The van der Waals surface area contributed by atoms with Crippen LogP contribution in [0.2, 0.25) is 10.0 Å². The number of sulfone groups is 1. The maximum absolute atomic E-state index is 11.3. The Bertz CT molecular complexity index is 499. The molecule has 0 aliphatic carbocycles. The van der Waals surface area contributed by atoms with Crippen molar-refractivity contribution in [3.63, 3.8) is 0 Å². The molecule has 0 radical (unpaired) electrons. The predicted octanol–water partition coefficient (Wildman–Crippen LogP) is 2.33. The smallest absolute Gasteiger partial charge is 0.152 e. The number of halogens is 2. The SMILES string of the molecule is CC(C(O)Cc1ccc(Cl)cc1Cl)S(C)(=O)=O. The zero-order valence-corrected chi connectivity index (χ0v) is 11.9. The van der Waals surface area contributed by atoms with Crippen LogP contribution < -0.4 is 0 Å². The number of aliphatic hydroxyl groups excluding tert-OH is 1. The van der Waals surface area contributed by atoms with Crippen LogP contribution in [0.3, 0.4) is 0 Å². The van der Waals surface area contributed by atoms with Crippen molar-refractivity contribution in [2.24, 2.45) is 0 Å². The van der Waals surface area contributed by atoms with Crippen molar-refractivity contribution >= 4 is 33.0 Å². The lowest BCUT2D eigenvalue weighted by Crippen LogP contribution is -2.32. The third-order valence-corrected chi connectivity index (χ3v) is 4.91. The molecule has 6 heteroatoms. The van der Waals surface area contributed by atoms with Gasteiger partial charge in [0.1, 0.15) is 0 Å². The Labute approximate surface area is 111 Å². The van der Waals surface area contributed by atoms with Gasteiger partial charge in [-0.1, -0.05) is 29.3 Å². The van der Waals surface area contributed by atoms with Crippen LogP contribution in [0.4, 0.5) is 0 Å². The van der Waals surface area contributed by atoms with Gasteiger partial charge in [-0.2, -0.15) is 0 Å². The predicted molar refractivity (Wildman–Crippen MR) is 70.5 cm³/mol. The molecule has 2 unspecified atom stereocenters. The number of hydrogen-bond acceptors (Lipinski definition) is 3. The second kappa shape index (κ2) is 5.57. The Balaban J connectivity index is 2.85. The van der Waals surface area contributed by atoms with Crippen LogP contribution in [0.25, 0.3) is 0 Å². The number of hydrogen-bond donors (Lipinski definition) is 1. The first-order valence-electron chi connectivity index (χ1n) is 5.02. The van der Waals surface area contributed by atoms with E-state index in [1.165, 1.54) is 6.92 Å². The van der Waals surface area contributed by atoms with Crippen molar-refractivity contribution in [3.8, 4) is 0 Å². The summed E-state index contributed by atoms with van der Waals surface area (Å²) in [6, 6.07) is 4.90. The zero-order chi connectivity index (χ0) is 13.2. The fraction of sp³-hybridized carbons (Fsp3) is 0.455. The van der Waals surface area contributed by atoms with Crippen LogP contribution in [0, 0.1) is 0 Å². The third kappa shape index (κ3) is 4.14. The van der Waals surface area contributed by atoms with Crippen molar-refractivity contribution in [1.29, 1.82) is 0 Å². The summed E-state index contributed by atoms with van der Waals surface area (Å²) in [5, 5.41) is 9.94. The molecule has 1 aromatic carbocycles. The van der Waals surface area contributed by atoms with Gasteiger partial charge in [0, 0.05) is 22.7 Å². The molecule has 0 bridgehead atoms. The summed E-state index contributed by atoms with van der Waals surface area (Å²) >= 11 is 11.7. The molecular formula is C11H14Cl2O3S. The monoisotopic (exact) mass is 296 g/mol. The summed E-state index contributed by atoms with van der Waals surface area (Å²) in [6.45, 7) is 1.48. The van der Waals surface area contributed by atoms with E-state index in [0.29, 0.717) is 15.6 Å². The van der Waals surface area contributed by atoms with Crippen LogP contribution in [0.15, 0.2) is 18.2 Å². The molecule has 0 heterocycles. The van der Waals surface area contributed by atoms with E-state index in [4.69, 9.17) is 23.2 Å². The molecule has 1 N–H and O–H groups in total. The minimum atomic E-state index is -3.26. The highest BCUT2D eigenvalue weighted by Crippen LogP contribution is 2.23. The van der Waals surface area contributed by atoms with E-state index < -0.39 is 21.2 Å². The molecule has 0 aliphatic rings. The second-order valence-corrected chi connectivity index (χ2v) is 7.29. The Kier molecular flexibility index (Phi) is 4.84. The quantitative estimate of drug-likeness (QED) is 0.928. The van der Waals surface area contributed by atoms with Crippen LogP contribution in [-0.2, 0) is 16.3 Å². The highest BCUT2D eigenvalue weighted by atomic mass is 35.5. The lowest BCUT2D eigenvalue weighted by molar-refractivity contribution is 0.173. The van der Waals surface area contributed by atoms with E-state index in [2.05, 4.69) is 0 Å².